The van der Waals surface area contributed by atoms with Gasteiger partial charge in [-0.3, -0.25) is 5.32 Å². The molecule has 0 bridgehead atoms. The highest BCUT2D eigenvalue weighted by Crippen LogP contribution is 2.31. The summed E-state index contributed by atoms with van der Waals surface area (Å²) in [5, 5.41) is 21.4. The Morgan fingerprint density at radius 1 is 1.35 bits per heavy atom. The molecule has 0 unspecified atom stereocenters. The highest BCUT2D eigenvalue weighted by molar-refractivity contribution is 7.11. The summed E-state index contributed by atoms with van der Waals surface area (Å²) in [7, 11) is 1.21. The van der Waals surface area contributed by atoms with Gasteiger partial charge in [0.05, 0.1) is 12.5 Å². The Kier molecular flexibility index (Phi) is 4.06. The SMILES string of the molecule is COC(=O)Nc1nc(N=Nc2snc3ncccc23)ccc1O. The molecular weight excluding hydrogens is 320 g/mol. The van der Waals surface area contributed by atoms with E-state index in [9.17, 15) is 9.90 Å². The van der Waals surface area contributed by atoms with E-state index in [-0.39, 0.29) is 17.4 Å². The van der Waals surface area contributed by atoms with Crippen LogP contribution in [-0.4, -0.2) is 32.7 Å². The average molecular weight is 330 g/mol. The standard InChI is InChI=1S/C13H10N6O3S/c1-22-13(21)16-11-8(20)4-5-9(15-11)17-18-12-7-3-2-6-14-10(7)19-23-12/h2-6,20H,1H3,(H,15,16,21). The number of amides is 1. The smallest absolute Gasteiger partial charge is 0.412 e. The molecule has 0 fully saturated rings. The zero-order valence-electron chi connectivity index (χ0n) is 11.8. The summed E-state index contributed by atoms with van der Waals surface area (Å²) in [5.41, 5.74) is 0.596. The fraction of sp³-hybridized carbons (Fsp3) is 0.0769. The van der Waals surface area contributed by atoms with Crippen molar-refractivity contribution in [2.45, 2.75) is 0 Å². The van der Waals surface area contributed by atoms with Crippen LogP contribution in [0.15, 0.2) is 40.7 Å². The van der Waals surface area contributed by atoms with E-state index in [0.29, 0.717) is 10.6 Å². The Hall–Kier alpha value is -3.14. The lowest BCUT2D eigenvalue weighted by Gasteiger charge is -2.04. The van der Waals surface area contributed by atoms with E-state index in [1.54, 1.807) is 12.3 Å². The zero-order valence-corrected chi connectivity index (χ0v) is 12.6. The number of ether oxygens (including phenoxy) is 1. The summed E-state index contributed by atoms with van der Waals surface area (Å²) in [6, 6.07) is 6.43. The Bertz CT molecular complexity index is 894. The quantitative estimate of drug-likeness (QED) is 0.710. The van der Waals surface area contributed by atoms with Crippen LogP contribution in [0.1, 0.15) is 0 Å². The number of aromatic nitrogens is 3. The number of fused-ring (bicyclic) bond motifs is 1. The van der Waals surface area contributed by atoms with E-state index in [4.69, 9.17) is 0 Å². The van der Waals surface area contributed by atoms with Crippen molar-refractivity contribution in [1.82, 2.24) is 14.3 Å². The predicted octanol–water partition coefficient (Wildman–Crippen LogP) is 3.39. The second-order valence-electron chi connectivity index (χ2n) is 4.22. The van der Waals surface area contributed by atoms with E-state index < -0.39 is 6.09 Å². The first-order valence-corrected chi connectivity index (χ1v) is 7.12. The number of pyridine rings is 2. The van der Waals surface area contributed by atoms with Gasteiger partial charge in [0, 0.05) is 6.20 Å². The molecule has 0 aliphatic carbocycles. The van der Waals surface area contributed by atoms with Crippen LogP contribution < -0.4 is 5.32 Å². The van der Waals surface area contributed by atoms with E-state index in [1.165, 1.54) is 19.2 Å². The normalized spacial score (nSPS) is 11.0. The maximum atomic E-state index is 11.2. The first-order chi connectivity index (χ1) is 11.2. The summed E-state index contributed by atoms with van der Waals surface area (Å²) >= 11 is 1.16. The molecule has 0 saturated heterocycles. The third-order valence-corrected chi connectivity index (χ3v) is 3.48. The van der Waals surface area contributed by atoms with Crippen LogP contribution in [-0.2, 0) is 4.74 Å². The number of aromatic hydroxyl groups is 1. The van der Waals surface area contributed by atoms with Gasteiger partial charge in [0.15, 0.2) is 28.0 Å². The molecule has 3 aromatic rings. The highest BCUT2D eigenvalue weighted by Gasteiger charge is 2.09. The van der Waals surface area contributed by atoms with Gasteiger partial charge >= 0.3 is 6.09 Å². The summed E-state index contributed by atoms with van der Waals surface area (Å²) in [4.78, 5) is 19.3. The number of carbonyl (C=O) groups excluding carboxylic acids is 1. The third kappa shape index (κ3) is 3.21. The lowest BCUT2D eigenvalue weighted by Crippen LogP contribution is -2.12. The Morgan fingerprint density at radius 2 is 2.22 bits per heavy atom. The number of nitrogens with one attached hydrogen (secondary N) is 1. The first kappa shape index (κ1) is 14.8. The predicted molar refractivity (Wildman–Crippen MR) is 83.5 cm³/mol. The van der Waals surface area contributed by atoms with Gasteiger partial charge in [-0.05, 0) is 35.8 Å². The molecule has 0 atom stereocenters. The van der Waals surface area contributed by atoms with Crippen molar-refractivity contribution in [2.75, 3.05) is 12.4 Å². The minimum Gasteiger partial charge on any atom is -0.504 e. The van der Waals surface area contributed by atoms with Gasteiger partial charge in [-0.15, -0.1) is 10.2 Å². The second-order valence-corrected chi connectivity index (χ2v) is 4.97. The van der Waals surface area contributed by atoms with Gasteiger partial charge in [-0.25, -0.2) is 14.8 Å². The molecule has 3 aromatic heterocycles. The number of rotatable bonds is 3. The molecule has 116 valence electrons. The van der Waals surface area contributed by atoms with Crippen molar-refractivity contribution in [3.8, 4) is 5.75 Å². The lowest BCUT2D eigenvalue weighted by molar-refractivity contribution is 0.186. The molecule has 0 aromatic carbocycles. The minimum atomic E-state index is -0.749. The molecule has 3 heterocycles. The highest BCUT2D eigenvalue weighted by atomic mass is 32.1. The van der Waals surface area contributed by atoms with Crippen LogP contribution in [0.3, 0.4) is 0 Å². The molecule has 1 amide bonds. The Labute approximate surface area is 133 Å². The number of anilines is 1. The van der Waals surface area contributed by atoms with Crippen molar-refractivity contribution in [1.29, 1.82) is 0 Å². The topological polar surface area (TPSA) is 122 Å². The molecular formula is C13H10N6O3S. The molecule has 3 rings (SSSR count). The van der Waals surface area contributed by atoms with Crippen LogP contribution in [0.4, 0.5) is 21.4 Å². The number of carbonyl (C=O) groups is 1. The monoisotopic (exact) mass is 330 g/mol. The Morgan fingerprint density at radius 3 is 3.04 bits per heavy atom. The van der Waals surface area contributed by atoms with Gasteiger partial charge in [0.25, 0.3) is 0 Å². The summed E-state index contributed by atoms with van der Waals surface area (Å²) < 4.78 is 8.60. The number of nitrogens with zero attached hydrogens (tertiary/aromatic N) is 5. The van der Waals surface area contributed by atoms with Gasteiger partial charge in [-0.1, -0.05) is 0 Å². The molecule has 2 N–H and O–H groups in total. The summed E-state index contributed by atoms with van der Waals surface area (Å²) in [6.07, 6.45) is 0.899. The van der Waals surface area contributed by atoms with Crippen molar-refractivity contribution in [3.63, 3.8) is 0 Å². The van der Waals surface area contributed by atoms with E-state index in [1.807, 2.05) is 6.07 Å². The molecule has 0 aliphatic heterocycles. The van der Waals surface area contributed by atoms with Crippen LogP contribution in [0.2, 0.25) is 0 Å². The molecule has 0 saturated carbocycles. The fourth-order valence-corrected chi connectivity index (χ4v) is 2.33. The molecule has 0 aliphatic rings. The number of methoxy groups -OCH3 is 1. The number of azo groups is 1. The van der Waals surface area contributed by atoms with Crippen LogP contribution >= 0.6 is 11.5 Å². The number of hydrogen-bond donors (Lipinski definition) is 2. The van der Waals surface area contributed by atoms with Crippen molar-refractivity contribution in [2.24, 2.45) is 10.2 Å². The van der Waals surface area contributed by atoms with Gasteiger partial charge in [-0.2, -0.15) is 4.37 Å². The third-order valence-electron chi connectivity index (χ3n) is 2.74. The zero-order chi connectivity index (χ0) is 16.2. The van der Waals surface area contributed by atoms with Crippen LogP contribution in [0.25, 0.3) is 11.0 Å². The molecule has 0 spiro atoms. The van der Waals surface area contributed by atoms with Gasteiger partial charge < -0.3 is 9.84 Å². The summed E-state index contributed by atoms with van der Waals surface area (Å²) in [6.45, 7) is 0. The second kappa shape index (κ2) is 6.32. The van der Waals surface area contributed by atoms with Crippen molar-refractivity contribution < 1.29 is 14.6 Å². The lowest BCUT2D eigenvalue weighted by atomic mass is 10.3. The maximum absolute atomic E-state index is 11.2. The van der Waals surface area contributed by atoms with Crippen molar-refractivity contribution in [3.05, 3.63) is 30.5 Å². The fourth-order valence-electron chi connectivity index (χ4n) is 1.68. The molecule has 0 radical (unpaired) electrons. The number of hydrogen-bond acceptors (Lipinski definition) is 9. The largest absolute Gasteiger partial charge is 0.504 e. The van der Waals surface area contributed by atoms with Gasteiger partial charge in [0.1, 0.15) is 0 Å². The Balaban J connectivity index is 1.87. The van der Waals surface area contributed by atoms with E-state index in [2.05, 4.69) is 34.6 Å². The summed E-state index contributed by atoms with van der Waals surface area (Å²) in [5.74, 6) is -0.0643. The van der Waals surface area contributed by atoms with E-state index >= 15 is 0 Å². The molecule has 9 nitrogen and oxygen atoms in total. The molecule has 10 heteroatoms. The minimum absolute atomic E-state index is 0.0656. The first-order valence-electron chi connectivity index (χ1n) is 6.34. The van der Waals surface area contributed by atoms with Gasteiger partial charge in [0.2, 0.25) is 0 Å². The van der Waals surface area contributed by atoms with Crippen molar-refractivity contribution >= 4 is 45.3 Å². The molecule has 23 heavy (non-hydrogen) atoms. The average Bonchev–Trinajstić information content (AvgIpc) is 2.98. The van der Waals surface area contributed by atoms with Crippen LogP contribution in [0, 0.1) is 0 Å². The maximum Gasteiger partial charge on any atom is 0.412 e. The van der Waals surface area contributed by atoms with Crippen LogP contribution in [0.5, 0.6) is 5.75 Å². The van der Waals surface area contributed by atoms with E-state index in [0.717, 1.165) is 16.9 Å².